The van der Waals surface area contributed by atoms with Gasteiger partial charge in [-0.15, -0.1) is 0 Å². The molecule has 1 aliphatic rings. The fraction of sp³-hybridized carbons (Fsp3) is 0.368. The second-order valence-electron chi connectivity index (χ2n) is 5.76. The largest absolute Gasteiger partial charge is 0.391 e. The minimum Gasteiger partial charge on any atom is -0.391 e. The molecule has 0 aliphatic carbocycles. The summed E-state index contributed by atoms with van der Waals surface area (Å²) in [5.74, 6) is 0. The van der Waals surface area contributed by atoms with Gasteiger partial charge in [0, 0.05) is 5.56 Å². The van der Waals surface area contributed by atoms with E-state index in [-0.39, 0.29) is 6.10 Å². The molecule has 1 heterocycles. The lowest BCUT2D eigenvalue weighted by molar-refractivity contribution is -0.0863. The van der Waals surface area contributed by atoms with Crippen molar-refractivity contribution in [2.45, 2.75) is 38.1 Å². The van der Waals surface area contributed by atoms with Crippen molar-refractivity contribution in [3.8, 4) is 0 Å². The van der Waals surface area contributed by atoms with Gasteiger partial charge in [-0.3, -0.25) is 0 Å². The zero-order valence-electron chi connectivity index (χ0n) is 13.2. The van der Waals surface area contributed by atoms with Gasteiger partial charge in [-0.1, -0.05) is 60.7 Å². The van der Waals surface area contributed by atoms with E-state index in [1.54, 1.807) is 6.92 Å². The van der Waals surface area contributed by atoms with Gasteiger partial charge in [0.25, 0.3) is 0 Å². The average Bonchev–Trinajstić information content (AvgIpc) is 3.01. The Hall–Kier alpha value is -1.72. The van der Waals surface area contributed by atoms with Crippen LogP contribution in [-0.4, -0.2) is 30.0 Å². The van der Waals surface area contributed by atoms with Crippen LogP contribution >= 0.6 is 0 Å². The molecule has 1 aliphatic heterocycles. The van der Waals surface area contributed by atoms with Gasteiger partial charge in [0.15, 0.2) is 6.29 Å². The van der Waals surface area contributed by atoms with Crippen LogP contribution in [0.15, 0.2) is 60.7 Å². The van der Waals surface area contributed by atoms with Crippen molar-refractivity contribution in [3.05, 3.63) is 71.8 Å². The Morgan fingerprint density at radius 2 is 1.65 bits per heavy atom. The highest BCUT2D eigenvalue weighted by molar-refractivity contribution is 5.17. The maximum absolute atomic E-state index is 9.94. The van der Waals surface area contributed by atoms with E-state index < -0.39 is 18.5 Å². The third kappa shape index (κ3) is 4.18. The summed E-state index contributed by atoms with van der Waals surface area (Å²) in [7, 11) is 0. The summed E-state index contributed by atoms with van der Waals surface area (Å²) >= 11 is 0. The Kier molecular flexibility index (Phi) is 5.41. The zero-order valence-corrected chi connectivity index (χ0v) is 13.2. The standard InChI is InChI=1S/C19H22O4/c1-14(20)18-17(13-21-12-15-8-4-2-5-9-15)22-19(23-18)16-10-6-3-7-11-16/h2-11,14,17-20H,12-13H2,1H3/t14?,17-,18-,19?/m0/s1. The third-order valence-corrected chi connectivity index (χ3v) is 3.89. The van der Waals surface area contributed by atoms with Gasteiger partial charge in [0.1, 0.15) is 12.2 Å². The molecule has 122 valence electrons. The Labute approximate surface area is 136 Å². The van der Waals surface area contributed by atoms with Crippen LogP contribution in [0.4, 0.5) is 0 Å². The third-order valence-electron chi connectivity index (χ3n) is 3.89. The van der Waals surface area contributed by atoms with E-state index >= 15 is 0 Å². The lowest BCUT2D eigenvalue weighted by Gasteiger charge is -2.19. The van der Waals surface area contributed by atoms with Crippen molar-refractivity contribution in [3.63, 3.8) is 0 Å². The average molecular weight is 314 g/mol. The molecule has 0 spiro atoms. The molecule has 0 amide bonds. The maximum Gasteiger partial charge on any atom is 0.184 e. The molecule has 0 bridgehead atoms. The minimum absolute atomic E-state index is 0.288. The van der Waals surface area contributed by atoms with Crippen LogP contribution in [0, 0.1) is 0 Å². The molecule has 4 atom stereocenters. The molecule has 2 unspecified atom stereocenters. The minimum atomic E-state index is -0.617. The molecule has 2 aromatic rings. The smallest absolute Gasteiger partial charge is 0.184 e. The van der Waals surface area contributed by atoms with Crippen molar-refractivity contribution in [2.75, 3.05) is 6.61 Å². The molecule has 3 rings (SSSR count). The maximum atomic E-state index is 9.94. The molecule has 23 heavy (non-hydrogen) atoms. The molecule has 0 saturated carbocycles. The Balaban J connectivity index is 1.58. The SMILES string of the molecule is CC(O)[C@@H]1OC(c2ccccc2)O[C@H]1COCc1ccccc1. The summed E-state index contributed by atoms with van der Waals surface area (Å²) in [6.45, 7) is 2.61. The van der Waals surface area contributed by atoms with Crippen LogP contribution in [0.2, 0.25) is 0 Å². The van der Waals surface area contributed by atoms with Crippen molar-refractivity contribution in [2.24, 2.45) is 0 Å². The highest BCUT2D eigenvalue weighted by atomic mass is 16.7. The second kappa shape index (κ2) is 7.70. The monoisotopic (exact) mass is 314 g/mol. The Bertz CT molecular complexity index is 585. The number of hydrogen-bond donors (Lipinski definition) is 1. The van der Waals surface area contributed by atoms with E-state index in [4.69, 9.17) is 14.2 Å². The van der Waals surface area contributed by atoms with E-state index in [1.807, 2.05) is 60.7 Å². The number of aliphatic hydroxyl groups excluding tert-OH is 1. The molecule has 4 nitrogen and oxygen atoms in total. The van der Waals surface area contributed by atoms with E-state index in [0.29, 0.717) is 13.2 Å². The van der Waals surface area contributed by atoms with Crippen molar-refractivity contribution >= 4 is 0 Å². The number of rotatable bonds is 6. The van der Waals surface area contributed by atoms with Gasteiger partial charge in [0.2, 0.25) is 0 Å². The normalized spacial score (nSPS) is 25.4. The summed E-state index contributed by atoms with van der Waals surface area (Å²) in [4.78, 5) is 0. The highest BCUT2D eigenvalue weighted by Gasteiger charge is 2.39. The predicted molar refractivity (Wildman–Crippen MR) is 86.7 cm³/mol. The fourth-order valence-corrected chi connectivity index (χ4v) is 2.69. The molecule has 4 heteroatoms. The van der Waals surface area contributed by atoms with Crippen molar-refractivity contribution < 1.29 is 19.3 Å². The van der Waals surface area contributed by atoms with Crippen molar-refractivity contribution in [1.29, 1.82) is 0 Å². The lowest BCUT2D eigenvalue weighted by Crippen LogP contribution is -2.36. The van der Waals surface area contributed by atoms with Gasteiger partial charge in [-0.05, 0) is 12.5 Å². The Morgan fingerprint density at radius 3 is 2.30 bits per heavy atom. The molecule has 1 saturated heterocycles. The molecule has 1 N–H and O–H groups in total. The molecular formula is C19H22O4. The number of ether oxygens (including phenoxy) is 3. The van der Waals surface area contributed by atoms with Crippen LogP contribution in [0.1, 0.15) is 24.3 Å². The summed E-state index contributed by atoms with van der Waals surface area (Å²) in [6.07, 6.45) is -1.75. The first-order valence-electron chi connectivity index (χ1n) is 7.89. The Morgan fingerprint density at radius 1 is 1.00 bits per heavy atom. The van der Waals surface area contributed by atoms with Crippen LogP contribution in [0.3, 0.4) is 0 Å². The van der Waals surface area contributed by atoms with E-state index in [2.05, 4.69) is 0 Å². The van der Waals surface area contributed by atoms with Crippen molar-refractivity contribution in [1.82, 2.24) is 0 Å². The number of aliphatic hydroxyl groups is 1. The first kappa shape index (κ1) is 16.1. The van der Waals surface area contributed by atoms with E-state index in [0.717, 1.165) is 11.1 Å². The summed E-state index contributed by atoms with van der Waals surface area (Å²) in [6, 6.07) is 19.7. The lowest BCUT2D eigenvalue weighted by atomic mass is 10.1. The first-order valence-corrected chi connectivity index (χ1v) is 7.89. The molecule has 0 aromatic heterocycles. The second-order valence-corrected chi connectivity index (χ2v) is 5.76. The topological polar surface area (TPSA) is 47.9 Å². The summed E-state index contributed by atoms with van der Waals surface area (Å²) in [5.41, 5.74) is 2.06. The predicted octanol–water partition coefficient (Wildman–Crippen LogP) is 3.07. The van der Waals surface area contributed by atoms with Gasteiger partial charge in [-0.25, -0.2) is 0 Å². The van der Waals surface area contributed by atoms with E-state index in [9.17, 15) is 5.11 Å². The van der Waals surface area contributed by atoms with Crippen LogP contribution in [-0.2, 0) is 20.8 Å². The highest BCUT2D eigenvalue weighted by Crippen LogP contribution is 2.32. The number of benzene rings is 2. The van der Waals surface area contributed by atoms with Crippen LogP contribution in [0.5, 0.6) is 0 Å². The summed E-state index contributed by atoms with van der Waals surface area (Å²) < 4.78 is 17.6. The number of hydrogen-bond acceptors (Lipinski definition) is 4. The van der Waals surface area contributed by atoms with Crippen LogP contribution < -0.4 is 0 Å². The van der Waals surface area contributed by atoms with Gasteiger partial charge < -0.3 is 19.3 Å². The first-order chi connectivity index (χ1) is 11.2. The molecule has 1 fully saturated rings. The van der Waals surface area contributed by atoms with Gasteiger partial charge in [-0.2, -0.15) is 0 Å². The molecule has 0 radical (unpaired) electrons. The van der Waals surface area contributed by atoms with Gasteiger partial charge in [0.05, 0.1) is 19.3 Å². The molecule has 2 aromatic carbocycles. The van der Waals surface area contributed by atoms with Crippen LogP contribution in [0.25, 0.3) is 0 Å². The van der Waals surface area contributed by atoms with E-state index in [1.165, 1.54) is 0 Å². The zero-order chi connectivity index (χ0) is 16.1. The summed E-state index contributed by atoms with van der Waals surface area (Å²) in [5, 5.41) is 9.94. The fourth-order valence-electron chi connectivity index (χ4n) is 2.69. The van der Waals surface area contributed by atoms with Gasteiger partial charge >= 0.3 is 0 Å². The quantitative estimate of drug-likeness (QED) is 0.890. The molecular weight excluding hydrogens is 292 g/mol.